The molecule has 2 fully saturated rings. The van der Waals surface area contributed by atoms with E-state index in [0.29, 0.717) is 17.1 Å². The molecule has 2 saturated heterocycles. The van der Waals surface area contributed by atoms with E-state index in [1.54, 1.807) is 18.2 Å². The highest BCUT2D eigenvalue weighted by molar-refractivity contribution is 5.97. The van der Waals surface area contributed by atoms with Gasteiger partial charge in [-0.3, -0.25) is 10.8 Å². The molecular weight excluding hydrogens is 390 g/mol. The van der Waals surface area contributed by atoms with E-state index in [1.807, 2.05) is 30.3 Å². The molecule has 2 aromatic rings. The van der Waals surface area contributed by atoms with Gasteiger partial charge >= 0.3 is 5.97 Å². The highest BCUT2D eigenvalue weighted by atomic mass is 16.5. The molecular formula is C24H29N5O2. The SMILES string of the molecule is N=C(N)c1cccc(N2CCCC[C@H]2C(=O)Oc2ccc(C(=N)N3CCCC3)cc2)c1. The maximum absolute atomic E-state index is 13.0. The van der Waals surface area contributed by atoms with Crippen molar-refractivity contribution in [1.29, 1.82) is 10.8 Å². The summed E-state index contributed by atoms with van der Waals surface area (Å²) in [6, 6.07) is 14.3. The predicted molar refractivity (Wildman–Crippen MR) is 122 cm³/mol. The number of rotatable bonds is 5. The fraction of sp³-hybridized carbons (Fsp3) is 0.375. The molecule has 0 radical (unpaired) electrons. The minimum absolute atomic E-state index is 0.0116. The quantitative estimate of drug-likeness (QED) is 0.298. The second-order valence-corrected chi connectivity index (χ2v) is 8.16. The molecule has 31 heavy (non-hydrogen) atoms. The molecule has 0 unspecified atom stereocenters. The molecule has 0 spiro atoms. The van der Waals surface area contributed by atoms with Gasteiger partial charge < -0.3 is 20.3 Å². The molecule has 2 aliphatic heterocycles. The number of nitrogens with zero attached hydrogens (tertiary/aromatic N) is 2. The first kappa shape index (κ1) is 20.9. The zero-order valence-electron chi connectivity index (χ0n) is 17.6. The minimum atomic E-state index is -0.376. The van der Waals surface area contributed by atoms with Gasteiger partial charge in [0.2, 0.25) is 0 Å². The molecule has 7 heteroatoms. The number of esters is 1. The molecule has 0 aliphatic carbocycles. The van der Waals surface area contributed by atoms with Gasteiger partial charge in [-0.1, -0.05) is 12.1 Å². The van der Waals surface area contributed by atoms with Crippen LogP contribution in [0, 0.1) is 10.8 Å². The Bertz CT molecular complexity index is 966. The van der Waals surface area contributed by atoms with E-state index < -0.39 is 0 Å². The van der Waals surface area contributed by atoms with Gasteiger partial charge in [0.15, 0.2) is 0 Å². The van der Waals surface area contributed by atoms with Crippen LogP contribution in [0.1, 0.15) is 43.2 Å². The van der Waals surface area contributed by atoms with Crippen LogP contribution in [0.2, 0.25) is 0 Å². The smallest absolute Gasteiger partial charge is 0.334 e. The van der Waals surface area contributed by atoms with E-state index in [4.69, 9.17) is 21.3 Å². The van der Waals surface area contributed by atoms with Crippen molar-refractivity contribution >= 4 is 23.3 Å². The summed E-state index contributed by atoms with van der Waals surface area (Å²) >= 11 is 0. The number of hydrogen-bond donors (Lipinski definition) is 3. The van der Waals surface area contributed by atoms with Crippen LogP contribution >= 0.6 is 0 Å². The third-order valence-electron chi connectivity index (χ3n) is 6.03. The summed E-state index contributed by atoms with van der Waals surface area (Å²) in [5.41, 5.74) is 8.00. The van der Waals surface area contributed by atoms with Crippen molar-refractivity contribution in [3.63, 3.8) is 0 Å². The fourth-order valence-electron chi connectivity index (χ4n) is 4.33. The van der Waals surface area contributed by atoms with Gasteiger partial charge in [-0.05, 0) is 68.5 Å². The zero-order valence-corrected chi connectivity index (χ0v) is 17.6. The van der Waals surface area contributed by atoms with Crippen molar-refractivity contribution in [2.45, 2.75) is 38.1 Å². The Balaban J connectivity index is 1.45. The minimum Gasteiger partial charge on any atom is -0.425 e. The topological polar surface area (TPSA) is 107 Å². The number of nitrogens with two attached hydrogens (primary N) is 1. The highest BCUT2D eigenvalue weighted by Gasteiger charge is 2.31. The van der Waals surface area contributed by atoms with Crippen LogP contribution in [-0.2, 0) is 4.79 Å². The van der Waals surface area contributed by atoms with Crippen molar-refractivity contribution < 1.29 is 9.53 Å². The number of likely N-dealkylation sites (tertiary alicyclic amines) is 1. The third-order valence-corrected chi connectivity index (χ3v) is 6.03. The van der Waals surface area contributed by atoms with Crippen LogP contribution in [0.15, 0.2) is 48.5 Å². The maximum atomic E-state index is 13.0. The molecule has 162 valence electrons. The maximum Gasteiger partial charge on any atom is 0.334 e. The average molecular weight is 420 g/mol. The second-order valence-electron chi connectivity index (χ2n) is 8.16. The molecule has 2 heterocycles. The van der Waals surface area contributed by atoms with Gasteiger partial charge in [0.05, 0.1) is 0 Å². The van der Waals surface area contributed by atoms with Crippen LogP contribution in [-0.4, -0.2) is 48.2 Å². The lowest BCUT2D eigenvalue weighted by Crippen LogP contribution is -2.46. The monoisotopic (exact) mass is 419 g/mol. The van der Waals surface area contributed by atoms with Crippen LogP contribution in [0.25, 0.3) is 0 Å². The van der Waals surface area contributed by atoms with E-state index in [2.05, 4.69) is 9.80 Å². The summed E-state index contributed by atoms with van der Waals surface area (Å²) in [6.45, 7) is 2.61. The molecule has 0 amide bonds. The largest absolute Gasteiger partial charge is 0.425 e. The summed E-state index contributed by atoms with van der Waals surface area (Å²) < 4.78 is 5.71. The van der Waals surface area contributed by atoms with Crippen LogP contribution in [0.4, 0.5) is 5.69 Å². The van der Waals surface area contributed by atoms with Crippen molar-refractivity contribution in [2.75, 3.05) is 24.5 Å². The normalized spacial score (nSPS) is 18.6. The van der Waals surface area contributed by atoms with Crippen molar-refractivity contribution in [1.82, 2.24) is 4.90 Å². The Morgan fingerprint density at radius 2 is 1.65 bits per heavy atom. The van der Waals surface area contributed by atoms with Crippen LogP contribution in [0.3, 0.4) is 0 Å². The number of carbonyl (C=O) groups excluding carboxylic acids is 1. The lowest BCUT2D eigenvalue weighted by Gasteiger charge is -2.36. The summed E-state index contributed by atoms with van der Waals surface area (Å²) in [4.78, 5) is 17.1. The molecule has 2 aromatic carbocycles. The number of benzene rings is 2. The van der Waals surface area contributed by atoms with E-state index in [0.717, 1.165) is 63.0 Å². The highest BCUT2D eigenvalue weighted by Crippen LogP contribution is 2.27. The number of amidine groups is 2. The lowest BCUT2D eigenvalue weighted by atomic mass is 10.0. The summed E-state index contributed by atoms with van der Waals surface area (Å²) in [6.07, 6.45) is 4.95. The Labute approximate surface area is 182 Å². The van der Waals surface area contributed by atoms with Gasteiger partial charge in [-0.2, -0.15) is 0 Å². The second kappa shape index (κ2) is 9.20. The first-order valence-corrected chi connectivity index (χ1v) is 10.9. The Morgan fingerprint density at radius 1 is 0.935 bits per heavy atom. The van der Waals surface area contributed by atoms with Crippen molar-refractivity contribution in [3.8, 4) is 5.75 Å². The van der Waals surface area contributed by atoms with Crippen molar-refractivity contribution in [3.05, 3.63) is 59.7 Å². The van der Waals surface area contributed by atoms with Crippen LogP contribution in [0.5, 0.6) is 5.75 Å². The van der Waals surface area contributed by atoms with Gasteiger partial charge in [0, 0.05) is 36.4 Å². The van der Waals surface area contributed by atoms with Gasteiger partial charge in [-0.25, -0.2) is 4.79 Å². The lowest BCUT2D eigenvalue weighted by molar-refractivity contribution is -0.136. The average Bonchev–Trinajstić information content (AvgIpc) is 3.34. The standard InChI is InChI=1S/C24H29N5O2/c25-22(26)18-6-5-7-19(16-18)29-15-2-1-8-21(29)24(30)31-20-11-9-17(10-12-20)23(27)28-13-3-4-14-28/h5-7,9-12,16,21,27H,1-4,8,13-15H2,(H3,25,26)/t21-/m0/s1. The number of piperidine rings is 1. The van der Waals surface area contributed by atoms with E-state index in [-0.39, 0.29) is 17.8 Å². The molecule has 0 bridgehead atoms. The number of nitrogen functional groups attached to an aromatic ring is 1. The Hall–Kier alpha value is -3.35. The first-order valence-electron chi connectivity index (χ1n) is 10.9. The summed E-state index contributed by atoms with van der Waals surface area (Å²) in [5.74, 6) is 0.748. The number of nitrogens with one attached hydrogen (secondary N) is 2. The molecule has 0 saturated carbocycles. The zero-order chi connectivity index (χ0) is 21.8. The molecule has 7 nitrogen and oxygen atoms in total. The number of ether oxygens (including phenoxy) is 1. The summed E-state index contributed by atoms with van der Waals surface area (Å²) in [5, 5.41) is 16.0. The fourth-order valence-corrected chi connectivity index (χ4v) is 4.33. The number of anilines is 1. The van der Waals surface area contributed by atoms with Gasteiger partial charge in [0.25, 0.3) is 0 Å². The molecule has 4 N–H and O–H groups in total. The van der Waals surface area contributed by atoms with E-state index >= 15 is 0 Å². The molecule has 0 aromatic heterocycles. The molecule has 4 rings (SSSR count). The predicted octanol–water partition coefficient (Wildman–Crippen LogP) is 3.36. The number of hydrogen-bond acceptors (Lipinski definition) is 5. The Kier molecular flexibility index (Phi) is 6.21. The number of carbonyl (C=O) groups is 1. The van der Waals surface area contributed by atoms with Crippen LogP contribution < -0.4 is 15.4 Å². The van der Waals surface area contributed by atoms with E-state index in [1.165, 1.54) is 0 Å². The Morgan fingerprint density at radius 3 is 2.35 bits per heavy atom. The molecule has 2 aliphatic rings. The molecule has 1 atom stereocenters. The van der Waals surface area contributed by atoms with E-state index in [9.17, 15) is 4.79 Å². The van der Waals surface area contributed by atoms with Gasteiger partial charge in [0.1, 0.15) is 23.5 Å². The van der Waals surface area contributed by atoms with Crippen molar-refractivity contribution in [2.24, 2.45) is 5.73 Å². The summed E-state index contributed by atoms with van der Waals surface area (Å²) in [7, 11) is 0. The first-order chi connectivity index (χ1) is 15.0. The van der Waals surface area contributed by atoms with Gasteiger partial charge in [-0.15, -0.1) is 0 Å². The third kappa shape index (κ3) is 4.71.